The summed E-state index contributed by atoms with van der Waals surface area (Å²) in [6, 6.07) is 7.07. The third kappa shape index (κ3) is 2.66. The first-order valence-electron chi connectivity index (χ1n) is 6.22. The standard InChI is InChI=1S/C15H16O5/c1-19-11-5-3-9(4-6-11)12-7-10(16)8-13(17)14(12)15(18)20-2/h3-6,8,12,14,17H,7H2,1-2H3/t12-,14-/m0/s1. The summed E-state index contributed by atoms with van der Waals surface area (Å²) in [5, 5.41) is 9.89. The van der Waals surface area contributed by atoms with Gasteiger partial charge in [-0.05, 0) is 17.7 Å². The second-order valence-corrected chi connectivity index (χ2v) is 4.62. The molecular formula is C15H16O5. The van der Waals surface area contributed by atoms with Crippen molar-refractivity contribution in [1.29, 1.82) is 0 Å². The zero-order chi connectivity index (χ0) is 14.7. The van der Waals surface area contributed by atoms with Crippen LogP contribution in [0.3, 0.4) is 0 Å². The smallest absolute Gasteiger partial charge is 0.316 e. The molecule has 1 N–H and O–H groups in total. The van der Waals surface area contributed by atoms with E-state index in [1.54, 1.807) is 31.4 Å². The van der Waals surface area contributed by atoms with E-state index in [0.717, 1.165) is 11.6 Å². The van der Waals surface area contributed by atoms with E-state index in [1.165, 1.54) is 7.11 Å². The van der Waals surface area contributed by atoms with Crippen LogP contribution in [0.4, 0.5) is 0 Å². The molecule has 0 saturated carbocycles. The van der Waals surface area contributed by atoms with E-state index in [0.29, 0.717) is 5.75 Å². The van der Waals surface area contributed by atoms with Gasteiger partial charge in [0.25, 0.3) is 0 Å². The number of carbonyl (C=O) groups is 2. The van der Waals surface area contributed by atoms with E-state index in [9.17, 15) is 14.7 Å². The fraction of sp³-hybridized carbons (Fsp3) is 0.333. The molecule has 0 aromatic heterocycles. The highest BCUT2D eigenvalue weighted by atomic mass is 16.5. The quantitative estimate of drug-likeness (QED) is 0.855. The maximum Gasteiger partial charge on any atom is 0.316 e. The van der Waals surface area contributed by atoms with Crippen molar-refractivity contribution in [3.8, 4) is 5.75 Å². The van der Waals surface area contributed by atoms with E-state index < -0.39 is 17.8 Å². The Kier molecular flexibility index (Phi) is 4.08. The van der Waals surface area contributed by atoms with E-state index in [2.05, 4.69) is 0 Å². The molecule has 0 spiro atoms. The van der Waals surface area contributed by atoms with Crippen LogP contribution in [0.1, 0.15) is 17.9 Å². The summed E-state index contributed by atoms with van der Waals surface area (Å²) in [5.41, 5.74) is 0.786. The number of hydrogen-bond acceptors (Lipinski definition) is 5. The number of aliphatic hydroxyl groups excluding tert-OH is 1. The van der Waals surface area contributed by atoms with Gasteiger partial charge in [0.1, 0.15) is 17.4 Å². The number of methoxy groups -OCH3 is 2. The third-order valence-electron chi connectivity index (χ3n) is 3.45. The highest BCUT2D eigenvalue weighted by molar-refractivity contribution is 5.94. The third-order valence-corrected chi connectivity index (χ3v) is 3.45. The van der Waals surface area contributed by atoms with E-state index >= 15 is 0 Å². The Morgan fingerprint density at radius 1 is 1.25 bits per heavy atom. The van der Waals surface area contributed by atoms with Crippen LogP contribution in [-0.2, 0) is 14.3 Å². The summed E-state index contributed by atoms with van der Waals surface area (Å²) in [4.78, 5) is 23.5. The lowest BCUT2D eigenvalue weighted by molar-refractivity contribution is -0.146. The first kappa shape index (κ1) is 14.1. The van der Waals surface area contributed by atoms with Gasteiger partial charge in [0.15, 0.2) is 5.78 Å². The minimum absolute atomic E-state index is 0.163. The molecule has 20 heavy (non-hydrogen) atoms. The van der Waals surface area contributed by atoms with Crippen LogP contribution in [-0.4, -0.2) is 31.1 Å². The van der Waals surface area contributed by atoms with Crippen molar-refractivity contribution in [2.45, 2.75) is 12.3 Å². The Labute approximate surface area is 116 Å². The number of rotatable bonds is 3. The molecule has 1 aliphatic rings. The highest BCUT2D eigenvalue weighted by Gasteiger charge is 2.38. The van der Waals surface area contributed by atoms with Crippen molar-refractivity contribution in [2.75, 3.05) is 14.2 Å². The Balaban J connectivity index is 2.37. The van der Waals surface area contributed by atoms with E-state index in [1.807, 2.05) is 0 Å². The Bertz CT molecular complexity index is 544. The van der Waals surface area contributed by atoms with Gasteiger partial charge in [0, 0.05) is 18.4 Å². The fourth-order valence-corrected chi connectivity index (χ4v) is 2.43. The second kappa shape index (κ2) is 5.77. The molecule has 0 saturated heterocycles. The summed E-state index contributed by atoms with van der Waals surface area (Å²) in [6.07, 6.45) is 1.26. The number of allylic oxidation sites excluding steroid dienone is 1. The largest absolute Gasteiger partial charge is 0.511 e. The van der Waals surface area contributed by atoms with Crippen molar-refractivity contribution in [2.24, 2.45) is 5.92 Å². The summed E-state index contributed by atoms with van der Waals surface area (Å²) < 4.78 is 9.79. The molecule has 2 rings (SSSR count). The highest BCUT2D eigenvalue weighted by Crippen LogP contribution is 2.37. The maximum absolute atomic E-state index is 11.8. The molecule has 0 aliphatic heterocycles. The number of ketones is 1. The molecule has 1 aromatic rings. The van der Waals surface area contributed by atoms with Crippen molar-refractivity contribution in [3.63, 3.8) is 0 Å². The lowest BCUT2D eigenvalue weighted by atomic mass is 9.77. The number of carbonyl (C=O) groups excluding carboxylic acids is 2. The average molecular weight is 276 g/mol. The van der Waals surface area contributed by atoms with Crippen molar-refractivity contribution < 1.29 is 24.2 Å². The van der Waals surface area contributed by atoms with Crippen LogP contribution in [0.15, 0.2) is 36.1 Å². The molecule has 0 radical (unpaired) electrons. The molecule has 1 aliphatic carbocycles. The maximum atomic E-state index is 11.8. The first-order valence-corrected chi connectivity index (χ1v) is 6.22. The molecular weight excluding hydrogens is 260 g/mol. The van der Waals surface area contributed by atoms with Crippen LogP contribution < -0.4 is 4.74 Å². The zero-order valence-electron chi connectivity index (χ0n) is 11.3. The van der Waals surface area contributed by atoms with Gasteiger partial charge in [0.05, 0.1) is 14.2 Å². The van der Waals surface area contributed by atoms with Crippen molar-refractivity contribution in [1.82, 2.24) is 0 Å². The Morgan fingerprint density at radius 2 is 1.90 bits per heavy atom. The van der Waals surface area contributed by atoms with E-state index in [4.69, 9.17) is 9.47 Å². The fourth-order valence-electron chi connectivity index (χ4n) is 2.43. The van der Waals surface area contributed by atoms with Crippen LogP contribution in [0, 0.1) is 5.92 Å². The lowest BCUT2D eigenvalue weighted by Crippen LogP contribution is -2.30. The normalized spacial score (nSPS) is 22.1. The lowest BCUT2D eigenvalue weighted by Gasteiger charge is -2.27. The predicted octanol–water partition coefficient (Wildman–Crippen LogP) is 1.98. The predicted molar refractivity (Wildman–Crippen MR) is 71.6 cm³/mol. The van der Waals surface area contributed by atoms with Gasteiger partial charge in [0.2, 0.25) is 0 Å². The summed E-state index contributed by atoms with van der Waals surface area (Å²) in [5.74, 6) is -1.58. The second-order valence-electron chi connectivity index (χ2n) is 4.62. The molecule has 0 bridgehead atoms. The zero-order valence-corrected chi connectivity index (χ0v) is 11.3. The van der Waals surface area contributed by atoms with Gasteiger partial charge >= 0.3 is 5.97 Å². The summed E-state index contributed by atoms with van der Waals surface area (Å²) in [6.45, 7) is 0. The summed E-state index contributed by atoms with van der Waals surface area (Å²) >= 11 is 0. The molecule has 5 heteroatoms. The van der Waals surface area contributed by atoms with Gasteiger partial charge in [-0.2, -0.15) is 0 Å². The number of esters is 1. The van der Waals surface area contributed by atoms with Gasteiger partial charge in [-0.1, -0.05) is 12.1 Å². The molecule has 0 unspecified atom stereocenters. The van der Waals surface area contributed by atoms with Gasteiger partial charge in [-0.3, -0.25) is 9.59 Å². The minimum atomic E-state index is -0.842. The molecule has 2 atom stereocenters. The number of ether oxygens (including phenoxy) is 2. The molecule has 106 valence electrons. The van der Waals surface area contributed by atoms with Crippen LogP contribution in [0.25, 0.3) is 0 Å². The minimum Gasteiger partial charge on any atom is -0.511 e. The van der Waals surface area contributed by atoms with E-state index in [-0.39, 0.29) is 18.0 Å². The SMILES string of the molecule is COC(=O)[C@@H]1C(O)=CC(=O)C[C@H]1c1ccc(OC)cc1. The Morgan fingerprint density at radius 3 is 2.45 bits per heavy atom. The van der Waals surface area contributed by atoms with Crippen LogP contribution in [0.5, 0.6) is 5.75 Å². The average Bonchev–Trinajstić information content (AvgIpc) is 2.46. The molecule has 0 fully saturated rings. The number of benzene rings is 1. The number of aliphatic hydroxyl groups is 1. The van der Waals surface area contributed by atoms with Crippen molar-refractivity contribution in [3.05, 3.63) is 41.7 Å². The molecule has 1 aromatic carbocycles. The molecule has 0 heterocycles. The monoisotopic (exact) mass is 276 g/mol. The van der Waals surface area contributed by atoms with Crippen LogP contribution in [0.2, 0.25) is 0 Å². The summed E-state index contributed by atoms with van der Waals surface area (Å²) in [7, 11) is 2.82. The molecule has 5 nitrogen and oxygen atoms in total. The topological polar surface area (TPSA) is 72.8 Å². The van der Waals surface area contributed by atoms with Crippen LogP contribution >= 0.6 is 0 Å². The van der Waals surface area contributed by atoms with Gasteiger partial charge < -0.3 is 14.6 Å². The van der Waals surface area contributed by atoms with Gasteiger partial charge in [-0.15, -0.1) is 0 Å². The van der Waals surface area contributed by atoms with Gasteiger partial charge in [-0.25, -0.2) is 0 Å². The van der Waals surface area contributed by atoms with Crippen molar-refractivity contribution >= 4 is 11.8 Å². The molecule has 0 amide bonds. The first-order chi connectivity index (χ1) is 9.56. The Hall–Kier alpha value is -2.30. The number of hydrogen-bond donors (Lipinski definition) is 1.